The maximum atomic E-state index is 14.5. The fourth-order valence-electron chi connectivity index (χ4n) is 4.04. The second-order valence-electron chi connectivity index (χ2n) is 10.6. The van der Waals surface area contributed by atoms with E-state index in [-0.39, 0.29) is 24.7 Å². The van der Waals surface area contributed by atoms with Crippen LogP contribution < -0.4 is 30.3 Å². The van der Waals surface area contributed by atoms with E-state index in [2.05, 4.69) is 37.8 Å². The van der Waals surface area contributed by atoms with E-state index in [9.17, 15) is 18.9 Å². The van der Waals surface area contributed by atoms with Gasteiger partial charge in [-0.05, 0) is 113 Å². The Morgan fingerprint density at radius 2 is 1.68 bits per heavy atom. The number of amides is 1. The van der Waals surface area contributed by atoms with Crippen molar-refractivity contribution in [1.29, 1.82) is 0 Å². The van der Waals surface area contributed by atoms with Gasteiger partial charge in [0, 0.05) is 29.2 Å². The summed E-state index contributed by atoms with van der Waals surface area (Å²) in [5, 5.41) is 11.2. The van der Waals surface area contributed by atoms with Crippen molar-refractivity contribution >= 4 is 73.6 Å². The van der Waals surface area contributed by atoms with Crippen LogP contribution in [-0.4, -0.2) is 80.1 Å². The number of hydrogen-bond acceptors (Lipinski definition) is 12. The molecule has 0 fully saturated rings. The highest BCUT2D eigenvalue weighted by Gasteiger charge is 2.33. The predicted molar refractivity (Wildman–Crippen MR) is 210 cm³/mol. The second-order valence-corrected chi connectivity index (χ2v) is 15.1. The third-order valence-corrected chi connectivity index (χ3v) is 10.0. The molecule has 0 radical (unpaired) electrons. The number of rotatable bonds is 22. The van der Waals surface area contributed by atoms with Gasteiger partial charge >= 0.3 is 5.97 Å². The number of esters is 1. The van der Waals surface area contributed by atoms with E-state index in [0.29, 0.717) is 65.5 Å². The summed E-state index contributed by atoms with van der Waals surface area (Å²) in [5.41, 5.74) is 0.325. The maximum absolute atomic E-state index is 14.5. The van der Waals surface area contributed by atoms with Crippen molar-refractivity contribution in [1.82, 2.24) is 15.5 Å². The normalized spacial score (nSPS) is 13.5. The summed E-state index contributed by atoms with van der Waals surface area (Å²) in [5.74, 6) is 1.78. The van der Waals surface area contributed by atoms with Crippen LogP contribution in [0.25, 0.3) is 0 Å². The lowest BCUT2D eigenvalue weighted by molar-refractivity contribution is -0.145. The van der Waals surface area contributed by atoms with Crippen LogP contribution in [0, 0.1) is 0 Å². The van der Waals surface area contributed by atoms with Crippen molar-refractivity contribution in [2.75, 3.05) is 37.2 Å². The van der Waals surface area contributed by atoms with Gasteiger partial charge in [-0.1, -0.05) is 0 Å². The number of ether oxygens (including phenoxy) is 4. The number of nitrogens with one attached hydrogen (secondary N) is 3. The van der Waals surface area contributed by atoms with Crippen LogP contribution in [0.1, 0.15) is 57.8 Å². The number of nitrogens with zero attached hydrogens (tertiary/aromatic N) is 1. The number of hydrogen-bond donors (Lipinski definition) is 4. The van der Waals surface area contributed by atoms with E-state index < -0.39 is 19.5 Å². The SMILES string of the molecule is CCOC(=O)[C@H](CCSC)NP(=O)(N[C@H](C)CCS)c1ccc(Oc2cc(OC(C)C)cc(C(=O)NC=N/C=C\SC)c2)cc1.CCOC=O. The second kappa shape index (κ2) is 25.9. The Hall–Kier alpha value is -2.94. The molecule has 1 amide bonds. The molecule has 278 valence electrons. The smallest absolute Gasteiger partial charge is 0.323 e. The maximum Gasteiger partial charge on any atom is 0.323 e. The predicted octanol–water partition coefficient (Wildman–Crippen LogP) is 6.43. The van der Waals surface area contributed by atoms with Crippen LogP contribution in [0.3, 0.4) is 0 Å². The van der Waals surface area contributed by atoms with Gasteiger partial charge in [0.2, 0.25) is 7.44 Å². The highest BCUT2D eigenvalue weighted by molar-refractivity contribution is 8.01. The Morgan fingerprint density at radius 1 is 0.980 bits per heavy atom. The van der Waals surface area contributed by atoms with Crippen LogP contribution >= 0.6 is 43.6 Å². The quantitative estimate of drug-likeness (QED) is 0.0261. The molecule has 0 aromatic heterocycles. The van der Waals surface area contributed by atoms with Crippen LogP contribution in [-0.2, 0) is 23.6 Å². The van der Waals surface area contributed by atoms with E-state index in [1.165, 1.54) is 18.1 Å². The molecule has 0 saturated carbocycles. The zero-order valence-electron chi connectivity index (χ0n) is 29.7. The van der Waals surface area contributed by atoms with E-state index in [1.54, 1.807) is 79.7 Å². The molecule has 0 aliphatic carbocycles. The first kappa shape index (κ1) is 45.1. The minimum Gasteiger partial charge on any atom is -0.491 e. The molecule has 0 saturated heterocycles. The van der Waals surface area contributed by atoms with Gasteiger partial charge in [0.25, 0.3) is 12.4 Å². The monoisotopic (exact) mass is 770 g/mol. The van der Waals surface area contributed by atoms with Crippen molar-refractivity contribution < 1.29 is 37.9 Å². The Balaban J connectivity index is 0.00000232. The molecule has 0 aliphatic rings. The fourth-order valence-corrected chi connectivity index (χ4v) is 7.45. The summed E-state index contributed by atoms with van der Waals surface area (Å²) >= 11 is 7.41. The molecule has 0 heterocycles. The van der Waals surface area contributed by atoms with Gasteiger partial charge in [-0.15, -0.1) is 11.8 Å². The molecule has 0 aliphatic heterocycles. The lowest BCUT2D eigenvalue weighted by atomic mass is 10.2. The molecule has 16 heteroatoms. The number of carbonyl (C=O) groups is 3. The van der Waals surface area contributed by atoms with Crippen LogP contribution in [0.2, 0.25) is 0 Å². The largest absolute Gasteiger partial charge is 0.491 e. The average molecular weight is 771 g/mol. The van der Waals surface area contributed by atoms with Gasteiger partial charge in [0.15, 0.2) is 0 Å². The van der Waals surface area contributed by atoms with Gasteiger partial charge in [-0.25, -0.2) is 15.2 Å². The van der Waals surface area contributed by atoms with E-state index in [4.69, 9.17) is 14.2 Å². The fraction of sp³-hybridized carbons (Fsp3) is 0.471. The summed E-state index contributed by atoms with van der Waals surface area (Å²) in [7, 11) is -3.49. The van der Waals surface area contributed by atoms with E-state index in [1.807, 2.05) is 33.3 Å². The van der Waals surface area contributed by atoms with Crippen molar-refractivity contribution in [2.45, 2.75) is 65.6 Å². The minimum absolute atomic E-state index is 0.123. The van der Waals surface area contributed by atoms with Crippen LogP contribution in [0.4, 0.5) is 0 Å². The zero-order chi connectivity index (χ0) is 37.4. The van der Waals surface area contributed by atoms with E-state index in [0.717, 1.165) is 0 Å². The van der Waals surface area contributed by atoms with Gasteiger partial charge in [0.1, 0.15) is 23.3 Å². The standard InChI is InChI=1S/C31H45N4O6PS3.C3H6O2/c1-7-39-31(37)29(13-16-44-5)35-42(38,34-23(4)12-15-43)28-10-8-25(9-11-28)41-27-19-24(18-26(20-27)40-22(2)3)30(36)33-21-32-14-17-45-6;1-2-5-3-4/h8-11,14,17-23,29,43H,7,12-13,15-16H2,1-6H3,(H,32,33,36)(H2,34,35,38);3H,2H2,1H3/b17-14-;/t23-,29+,42?;/m1./s1. The molecule has 50 heavy (non-hydrogen) atoms. The zero-order valence-corrected chi connectivity index (χ0v) is 33.2. The molecular formula is C34H51N4O8PS3. The molecule has 3 atom stereocenters. The molecule has 3 N–H and O–H groups in total. The van der Waals surface area contributed by atoms with Crippen molar-refractivity contribution in [2.24, 2.45) is 4.99 Å². The highest BCUT2D eigenvalue weighted by Crippen LogP contribution is 2.38. The van der Waals surface area contributed by atoms with Crippen LogP contribution in [0.15, 0.2) is 59.1 Å². The van der Waals surface area contributed by atoms with Crippen LogP contribution in [0.5, 0.6) is 17.2 Å². The van der Waals surface area contributed by atoms with Gasteiger partial charge in [-0.2, -0.15) is 24.4 Å². The molecule has 0 spiro atoms. The summed E-state index contributed by atoms with van der Waals surface area (Å²) in [6.07, 6.45) is 7.76. The highest BCUT2D eigenvalue weighted by atomic mass is 32.2. The molecule has 2 aromatic rings. The van der Waals surface area contributed by atoms with Gasteiger partial charge in [-0.3, -0.25) is 18.9 Å². The molecule has 0 bridgehead atoms. The Morgan fingerprint density at radius 3 is 2.24 bits per heavy atom. The summed E-state index contributed by atoms with van der Waals surface area (Å²) in [6, 6.07) is 10.8. The number of thioether (sulfide) groups is 2. The van der Waals surface area contributed by atoms with Gasteiger partial charge < -0.3 is 24.3 Å². The van der Waals surface area contributed by atoms with Crippen molar-refractivity contribution in [3.8, 4) is 17.2 Å². The van der Waals surface area contributed by atoms with E-state index >= 15 is 0 Å². The first-order valence-corrected chi connectivity index (χ1v) is 21.1. The summed E-state index contributed by atoms with van der Waals surface area (Å²) < 4.78 is 35.9. The molecular weight excluding hydrogens is 720 g/mol. The van der Waals surface area contributed by atoms with Gasteiger partial charge in [0.05, 0.1) is 25.7 Å². The lowest BCUT2D eigenvalue weighted by Crippen LogP contribution is -2.44. The summed E-state index contributed by atoms with van der Waals surface area (Å²) in [4.78, 5) is 38.8. The number of carbonyl (C=O) groups excluding carboxylic acids is 3. The third kappa shape index (κ3) is 17.8. The lowest BCUT2D eigenvalue weighted by Gasteiger charge is -2.28. The Kier molecular flexibility index (Phi) is 23.4. The number of aliphatic imine (C=N–C) groups is 1. The minimum atomic E-state index is -3.49. The first-order chi connectivity index (χ1) is 24.0. The molecule has 1 unspecified atom stereocenters. The molecule has 2 aromatic carbocycles. The molecule has 2 rings (SSSR count). The van der Waals surface area contributed by atoms with Crippen molar-refractivity contribution in [3.63, 3.8) is 0 Å². The third-order valence-electron chi connectivity index (χ3n) is 6.22. The Labute approximate surface area is 310 Å². The average Bonchev–Trinajstić information content (AvgIpc) is 3.07. The number of thiol groups is 1. The first-order valence-electron chi connectivity index (χ1n) is 16.0. The molecule has 12 nitrogen and oxygen atoms in total. The summed E-state index contributed by atoms with van der Waals surface area (Å²) in [6.45, 7) is 10.3. The topological polar surface area (TPSA) is 154 Å². The van der Waals surface area contributed by atoms with Crippen molar-refractivity contribution in [3.05, 3.63) is 59.6 Å². The number of benzene rings is 2. The Bertz CT molecular complexity index is 1410.